The number of para-hydroxylation sites is 1. The Hall–Kier alpha value is -1.29. The summed E-state index contributed by atoms with van der Waals surface area (Å²) in [4.78, 5) is 14.3. The summed E-state index contributed by atoms with van der Waals surface area (Å²) in [6.07, 6.45) is 2.09. The van der Waals surface area contributed by atoms with Crippen molar-refractivity contribution < 1.29 is 9.21 Å². The minimum Gasteiger partial charge on any atom is -0.451 e. The van der Waals surface area contributed by atoms with E-state index in [-0.39, 0.29) is 5.91 Å². The van der Waals surface area contributed by atoms with Gasteiger partial charge in [0.25, 0.3) is 5.91 Å². The highest BCUT2D eigenvalue weighted by atomic mass is 79.9. The number of unbranched alkanes of at least 4 members (excludes halogenated alkanes) is 1. The summed E-state index contributed by atoms with van der Waals surface area (Å²) in [7, 11) is 0. The molecule has 19 heavy (non-hydrogen) atoms. The third-order valence-electron chi connectivity index (χ3n) is 3.06. The molecule has 0 saturated heterocycles. The van der Waals surface area contributed by atoms with Crippen molar-refractivity contribution >= 4 is 32.8 Å². The van der Waals surface area contributed by atoms with Crippen molar-refractivity contribution in [2.75, 3.05) is 18.4 Å². The second-order valence-electron chi connectivity index (χ2n) is 4.48. The van der Waals surface area contributed by atoms with E-state index in [0.29, 0.717) is 12.3 Å². The van der Waals surface area contributed by atoms with Crippen LogP contribution >= 0.6 is 15.9 Å². The van der Waals surface area contributed by atoms with Crippen molar-refractivity contribution in [3.8, 4) is 0 Å². The Kier molecular flexibility index (Phi) is 5.02. The van der Waals surface area contributed by atoms with Crippen LogP contribution < -0.4 is 0 Å². The summed E-state index contributed by atoms with van der Waals surface area (Å²) in [5.74, 6) is 0.405. The first-order chi connectivity index (χ1) is 9.26. The largest absolute Gasteiger partial charge is 0.451 e. The third-order valence-corrected chi connectivity index (χ3v) is 3.41. The molecule has 0 unspecified atom stereocenters. The molecule has 2 rings (SSSR count). The first kappa shape index (κ1) is 14.1. The second-order valence-corrected chi connectivity index (χ2v) is 5.28. The molecule has 1 amide bonds. The lowest BCUT2D eigenvalue weighted by Crippen LogP contribution is -2.33. The normalized spacial score (nSPS) is 10.8. The predicted molar refractivity (Wildman–Crippen MR) is 80.8 cm³/mol. The zero-order valence-electron chi connectivity index (χ0n) is 11.1. The Bertz CT molecular complexity index is 517. The summed E-state index contributed by atoms with van der Waals surface area (Å²) >= 11 is 3.39. The van der Waals surface area contributed by atoms with Crippen molar-refractivity contribution in [2.24, 2.45) is 0 Å². The highest BCUT2D eigenvalue weighted by Crippen LogP contribution is 2.20. The van der Waals surface area contributed by atoms with Crippen LogP contribution in [-0.4, -0.2) is 29.2 Å². The smallest absolute Gasteiger partial charge is 0.289 e. The summed E-state index contributed by atoms with van der Waals surface area (Å²) in [6.45, 7) is 3.60. The van der Waals surface area contributed by atoms with Crippen molar-refractivity contribution in [3.05, 3.63) is 36.1 Å². The Balaban J connectivity index is 2.19. The van der Waals surface area contributed by atoms with E-state index in [9.17, 15) is 4.79 Å². The van der Waals surface area contributed by atoms with Gasteiger partial charge in [-0.3, -0.25) is 4.79 Å². The summed E-state index contributed by atoms with van der Waals surface area (Å²) < 4.78 is 5.63. The number of benzene rings is 1. The SMILES string of the molecule is CCCCN(CCBr)C(=O)c1cc2ccccc2o1. The molecule has 0 saturated carbocycles. The van der Waals surface area contributed by atoms with E-state index in [0.717, 1.165) is 35.7 Å². The van der Waals surface area contributed by atoms with E-state index in [1.165, 1.54) is 0 Å². The summed E-state index contributed by atoms with van der Waals surface area (Å²) in [5.41, 5.74) is 0.764. The average Bonchev–Trinajstić information content (AvgIpc) is 2.86. The van der Waals surface area contributed by atoms with Gasteiger partial charge in [-0.2, -0.15) is 0 Å². The fourth-order valence-electron chi connectivity index (χ4n) is 2.01. The Morgan fingerprint density at radius 1 is 1.32 bits per heavy atom. The molecule has 0 fully saturated rings. The first-order valence-corrected chi connectivity index (χ1v) is 7.72. The highest BCUT2D eigenvalue weighted by molar-refractivity contribution is 9.09. The van der Waals surface area contributed by atoms with Gasteiger partial charge < -0.3 is 9.32 Å². The molecule has 0 aliphatic rings. The average molecular weight is 324 g/mol. The number of alkyl halides is 1. The lowest BCUT2D eigenvalue weighted by molar-refractivity contribution is 0.0735. The quantitative estimate of drug-likeness (QED) is 0.751. The number of rotatable bonds is 6. The molecule has 0 radical (unpaired) electrons. The number of hydrogen-bond donors (Lipinski definition) is 0. The summed E-state index contributed by atoms with van der Waals surface area (Å²) in [5, 5.41) is 1.75. The zero-order chi connectivity index (χ0) is 13.7. The molecule has 0 aliphatic carbocycles. The summed E-state index contributed by atoms with van der Waals surface area (Å²) in [6, 6.07) is 9.52. The number of furan rings is 1. The fraction of sp³-hybridized carbons (Fsp3) is 0.400. The molecule has 102 valence electrons. The van der Waals surface area contributed by atoms with Gasteiger partial charge in [0.1, 0.15) is 5.58 Å². The van der Waals surface area contributed by atoms with Crippen LogP contribution in [0.2, 0.25) is 0 Å². The van der Waals surface area contributed by atoms with Gasteiger partial charge in [-0.05, 0) is 18.6 Å². The number of hydrogen-bond acceptors (Lipinski definition) is 2. The van der Waals surface area contributed by atoms with E-state index < -0.39 is 0 Å². The van der Waals surface area contributed by atoms with Gasteiger partial charge in [0, 0.05) is 23.8 Å². The highest BCUT2D eigenvalue weighted by Gasteiger charge is 2.18. The molecule has 0 atom stereocenters. The van der Waals surface area contributed by atoms with Crippen LogP contribution in [0.3, 0.4) is 0 Å². The number of fused-ring (bicyclic) bond motifs is 1. The van der Waals surface area contributed by atoms with Crippen LogP contribution in [0.15, 0.2) is 34.7 Å². The molecular formula is C15H18BrNO2. The molecule has 0 bridgehead atoms. The minimum absolute atomic E-state index is 0.0240. The van der Waals surface area contributed by atoms with Crippen LogP contribution in [0.25, 0.3) is 11.0 Å². The Labute approximate surface area is 121 Å². The zero-order valence-corrected chi connectivity index (χ0v) is 12.6. The van der Waals surface area contributed by atoms with Gasteiger partial charge >= 0.3 is 0 Å². The van der Waals surface area contributed by atoms with Gasteiger partial charge in [0.15, 0.2) is 5.76 Å². The second kappa shape index (κ2) is 6.75. The van der Waals surface area contributed by atoms with Crippen molar-refractivity contribution in [2.45, 2.75) is 19.8 Å². The monoisotopic (exact) mass is 323 g/mol. The first-order valence-electron chi connectivity index (χ1n) is 6.60. The van der Waals surface area contributed by atoms with Gasteiger partial charge in [-0.25, -0.2) is 0 Å². The van der Waals surface area contributed by atoms with Crippen molar-refractivity contribution in [3.63, 3.8) is 0 Å². The standard InChI is InChI=1S/C15H18BrNO2/c1-2-3-9-17(10-8-16)15(18)14-11-12-6-4-5-7-13(12)19-14/h4-7,11H,2-3,8-10H2,1H3. The predicted octanol–water partition coefficient (Wildman–Crippen LogP) is 4.07. The Morgan fingerprint density at radius 2 is 2.11 bits per heavy atom. The van der Waals surface area contributed by atoms with E-state index in [1.54, 1.807) is 0 Å². The van der Waals surface area contributed by atoms with Gasteiger partial charge in [0.05, 0.1) is 0 Å². The van der Waals surface area contributed by atoms with Crippen LogP contribution in [0.5, 0.6) is 0 Å². The molecule has 4 heteroatoms. The van der Waals surface area contributed by atoms with E-state index in [4.69, 9.17) is 4.42 Å². The van der Waals surface area contributed by atoms with Crippen molar-refractivity contribution in [1.29, 1.82) is 0 Å². The topological polar surface area (TPSA) is 33.5 Å². The molecule has 2 aromatic rings. The maximum Gasteiger partial charge on any atom is 0.289 e. The molecule has 1 aromatic heterocycles. The number of carbonyl (C=O) groups excluding carboxylic acids is 1. The van der Waals surface area contributed by atoms with E-state index >= 15 is 0 Å². The molecule has 0 aliphatic heterocycles. The van der Waals surface area contributed by atoms with Crippen molar-refractivity contribution in [1.82, 2.24) is 4.90 Å². The number of halogens is 1. The lowest BCUT2D eigenvalue weighted by atomic mass is 10.2. The Morgan fingerprint density at radius 3 is 2.79 bits per heavy atom. The number of carbonyl (C=O) groups is 1. The number of nitrogens with zero attached hydrogens (tertiary/aromatic N) is 1. The maximum absolute atomic E-state index is 12.4. The van der Waals surface area contributed by atoms with E-state index in [1.807, 2.05) is 35.2 Å². The van der Waals surface area contributed by atoms with Gasteiger partial charge in [-0.15, -0.1) is 0 Å². The fourth-order valence-corrected chi connectivity index (χ4v) is 2.44. The third kappa shape index (κ3) is 3.38. The van der Waals surface area contributed by atoms with E-state index in [2.05, 4.69) is 22.9 Å². The molecule has 1 heterocycles. The van der Waals surface area contributed by atoms with Crippen LogP contribution in [0.4, 0.5) is 0 Å². The maximum atomic E-state index is 12.4. The van der Waals surface area contributed by atoms with Gasteiger partial charge in [0.2, 0.25) is 0 Å². The van der Waals surface area contributed by atoms with Crippen LogP contribution in [0.1, 0.15) is 30.3 Å². The van der Waals surface area contributed by atoms with Gasteiger partial charge in [-0.1, -0.05) is 47.5 Å². The minimum atomic E-state index is -0.0240. The molecule has 3 nitrogen and oxygen atoms in total. The molecule has 0 spiro atoms. The van der Waals surface area contributed by atoms with Crippen LogP contribution in [-0.2, 0) is 0 Å². The lowest BCUT2D eigenvalue weighted by Gasteiger charge is -2.20. The molecule has 1 aromatic carbocycles. The van der Waals surface area contributed by atoms with Crippen LogP contribution in [0, 0.1) is 0 Å². The number of amides is 1. The molecular weight excluding hydrogens is 306 g/mol. The molecule has 0 N–H and O–H groups in total.